The molecule has 0 aliphatic rings. The number of aliphatic hydroxyl groups is 1. The fourth-order valence-corrected chi connectivity index (χ4v) is 1.29. The lowest BCUT2D eigenvalue weighted by molar-refractivity contribution is 0.272. The predicted octanol–water partition coefficient (Wildman–Crippen LogP) is 2.54. The van der Waals surface area contributed by atoms with Crippen molar-refractivity contribution in [1.29, 1.82) is 0 Å². The number of aliphatic hydroxyl groups excluding tert-OH is 1. The summed E-state index contributed by atoms with van der Waals surface area (Å²) < 4.78 is 18.4. The van der Waals surface area contributed by atoms with Crippen molar-refractivity contribution in [3.8, 4) is 5.75 Å². The largest absolute Gasteiger partial charge is 0.492 e. The Bertz CT molecular complexity index is 317. The average molecular weight is 233 g/mol. The van der Waals surface area contributed by atoms with Crippen molar-refractivity contribution in [3.63, 3.8) is 0 Å². The first-order valence-corrected chi connectivity index (χ1v) is 5.31. The summed E-state index contributed by atoms with van der Waals surface area (Å²) in [6, 6.07) is 4.42. The van der Waals surface area contributed by atoms with Gasteiger partial charge in [0.15, 0.2) is 0 Å². The van der Waals surface area contributed by atoms with Crippen LogP contribution in [0.1, 0.15) is 18.4 Å². The SMILES string of the molecule is CC(CO)c1cc(F)cc(OCCCl)c1. The summed E-state index contributed by atoms with van der Waals surface area (Å²) in [5, 5.41) is 8.96. The van der Waals surface area contributed by atoms with Crippen LogP contribution in [0.25, 0.3) is 0 Å². The van der Waals surface area contributed by atoms with E-state index < -0.39 is 0 Å². The molecule has 0 radical (unpaired) electrons. The van der Waals surface area contributed by atoms with E-state index in [2.05, 4.69) is 0 Å². The molecule has 0 aromatic heterocycles. The highest BCUT2D eigenvalue weighted by atomic mass is 35.5. The van der Waals surface area contributed by atoms with Gasteiger partial charge >= 0.3 is 0 Å². The van der Waals surface area contributed by atoms with Gasteiger partial charge in [0.05, 0.1) is 5.88 Å². The Balaban J connectivity index is 2.84. The van der Waals surface area contributed by atoms with E-state index in [9.17, 15) is 4.39 Å². The molecule has 0 amide bonds. The first kappa shape index (κ1) is 12.3. The van der Waals surface area contributed by atoms with Gasteiger partial charge in [-0.2, -0.15) is 0 Å². The fourth-order valence-electron chi connectivity index (χ4n) is 1.21. The molecule has 0 bridgehead atoms. The number of hydrogen-bond donors (Lipinski definition) is 1. The second kappa shape index (κ2) is 5.93. The van der Waals surface area contributed by atoms with E-state index in [1.165, 1.54) is 12.1 Å². The van der Waals surface area contributed by atoms with Crippen molar-refractivity contribution in [2.45, 2.75) is 12.8 Å². The van der Waals surface area contributed by atoms with Crippen molar-refractivity contribution < 1.29 is 14.2 Å². The van der Waals surface area contributed by atoms with Gasteiger partial charge < -0.3 is 9.84 Å². The number of alkyl halides is 1. The average Bonchev–Trinajstić information content (AvgIpc) is 2.24. The minimum absolute atomic E-state index is 0.0155. The highest BCUT2D eigenvalue weighted by molar-refractivity contribution is 6.17. The standard InChI is InChI=1S/C11H14ClFO2/c1-8(7-14)9-4-10(13)6-11(5-9)15-3-2-12/h4-6,8,14H,2-3,7H2,1H3. The van der Waals surface area contributed by atoms with Crippen LogP contribution in [0.15, 0.2) is 18.2 Å². The van der Waals surface area contributed by atoms with E-state index in [-0.39, 0.29) is 18.3 Å². The van der Waals surface area contributed by atoms with Crippen LogP contribution in [-0.4, -0.2) is 24.2 Å². The van der Waals surface area contributed by atoms with E-state index in [1.54, 1.807) is 6.07 Å². The summed E-state index contributed by atoms with van der Waals surface area (Å²) in [5.74, 6) is 0.351. The molecular formula is C11H14ClFO2. The molecule has 0 fully saturated rings. The number of rotatable bonds is 5. The van der Waals surface area contributed by atoms with Crippen molar-refractivity contribution in [3.05, 3.63) is 29.6 Å². The molecule has 4 heteroatoms. The van der Waals surface area contributed by atoms with E-state index in [1.807, 2.05) is 6.92 Å². The third-order valence-electron chi connectivity index (χ3n) is 2.08. The van der Waals surface area contributed by atoms with Gasteiger partial charge in [0.2, 0.25) is 0 Å². The van der Waals surface area contributed by atoms with Crippen LogP contribution in [0.4, 0.5) is 4.39 Å². The van der Waals surface area contributed by atoms with Crippen molar-refractivity contribution in [2.75, 3.05) is 19.1 Å². The third kappa shape index (κ3) is 3.68. The maximum absolute atomic E-state index is 13.2. The molecule has 1 atom stereocenters. The molecule has 0 aliphatic carbocycles. The molecule has 15 heavy (non-hydrogen) atoms. The number of hydrogen-bond acceptors (Lipinski definition) is 2. The van der Waals surface area contributed by atoms with Crippen LogP contribution < -0.4 is 4.74 Å². The lowest BCUT2D eigenvalue weighted by Gasteiger charge is -2.11. The normalized spacial score (nSPS) is 12.5. The van der Waals surface area contributed by atoms with Gasteiger partial charge in [-0.25, -0.2) is 4.39 Å². The first-order valence-electron chi connectivity index (χ1n) is 4.77. The van der Waals surface area contributed by atoms with Crippen molar-refractivity contribution in [1.82, 2.24) is 0 Å². The smallest absolute Gasteiger partial charge is 0.127 e. The van der Waals surface area contributed by atoms with Crippen LogP contribution in [0.2, 0.25) is 0 Å². The van der Waals surface area contributed by atoms with Crippen LogP contribution >= 0.6 is 11.6 Å². The second-order valence-electron chi connectivity index (χ2n) is 3.34. The number of benzene rings is 1. The lowest BCUT2D eigenvalue weighted by Crippen LogP contribution is -2.02. The zero-order valence-corrected chi connectivity index (χ0v) is 9.30. The minimum atomic E-state index is -0.364. The number of ether oxygens (including phenoxy) is 1. The third-order valence-corrected chi connectivity index (χ3v) is 2.24. The van der Waals surface area contributed by atoms with E-state index in [0.29, 0.717) is 18.2 Å². The highest BCUT2D eigenvalue weighted by Crippen LogP contribution is 2.22. The molecular weight excluding hydrogens is 219 g/mol. The summed E-state index contributed by atoms with van der Waals surface area (Å²) in [6.07, 6.45) is 0. The molecule has 0 saturated carbocycles. The van der Waals surface area contributed by atoms with Crippen LogP contribution in [0.3, 0.4) is 0 Å². The molecule has 0 saturated heterocycles. The Hall–Kier alpha value is -0.800. The molecule has 1 aromatic carbocycles. The maximum atomic E-state index is 13.2. The van der Waals surface area contributed by atoms with Gasteiger partial charge in [0, 0.05) is 18.6 Å². The number of halogens is 2. The molecule has 84 valence electrons. The van der Waals surface area contributed by atoms with E-state index >= 15 is 0 Å². The van der Waals surface area contributed by atoms with E-state index in [4.69, 9.17) is 21.4 Å². The van der Waals surface area contributed by atoms with Gasteiger partial charge in [0.1, 0.15) is 18.2 Å². The van der Waals surface area contributed by atoms with Crippen molar-refractivity contribution in [2.24, 2.45) is 0 Å². The van der Waals surface area contributed by atoms with Gasteiger partial charge in [-0.05, 0) is 17.7 Å². The summed E-state index contributed by atoms with van der Waals surface area (Å²) >= 11 is 5.46. The molecule has 1 aromatic rings. The zero-order chi connectivity index (χ0) is 11.3. The highest BCUT2D eigenvalue weighted by Gasteiger charge is 2.08. The molecule has 0 aliphatic heterocycles. The lowest BCUT2D eigenvalue weighted by atomic mass is 10.0. The second-order valence-corrected chi connectivity index (χ2v) is 3.72. The predicted molar refractivity (Wildman–Crippen MR) is 58.1 cm³/mol. The Morgan fingerprint density at radius 2 is 2.20 bits per heavy atom. The Morgan fingerprint density at radius 1 is 1.47 bits per heavy atom. The van der Waals surface area contributed by atoms with Crippen LogP contribution in [0.5, 0.6) is 5.75 Å². The van der Waals surface area contributed by atoms with Crippen LogP contribution in [-0.2, 0) is 0 Å². The summed E-state index contributed by atoms with van der Waals surface area (Å²) in [5.41, 5.74) is 0.724. The van der Waals surface area contributed by atoms with Gasteiger partial charge in [0.25, 0.3) is 0 Å². The molecule has 1 unspecified atom stereocenters. The summed E-state index contributed by atoms with van der Waals surface area (Å²) in [7, 11) is 0. The zero-order valence-electron chi connectivity index (χ0n) is 8.54. The molecule has 0 heterocycles. The van der Waals surface area contributed by atoms with Gasteiger partial charge in [-0.15, -0.1) is 11.6 Å². The summed E-state index contributed by atoms with van der Waals surface area (Å²) in [4.78, 5) is 0. The quantitative estimate of drug-likeness (QED) is 0.791. The topological polar surface area (TPSA) is 29.5 Å². The minimum Gasteiger partial charge on any atom is -0.492 e. The van der Waals surface area contributed by atoms with Crippen LogP contribution in [0, 0.1) is 5.82 Å². The monoisotopic (exact) mass is 232 g/mol. The van der Waals surface area contributed by atoms with Gasteiger partial charge in [-0.3, -0.25) is 0 Å². The van der Waals surface area contributed by atoms with Crippen molar-refractivity contribution >= 4 is 11.6 Å². The molecule has 2 nitrogen and oxygen atoms in total. The molecule has 1 rings (SSSR count). The Kier molecular flexibility index (Phi) is 4.85. The molecule has 1 N–H and O–H groups in total. The van der Waals surface area contributed by atoms with Gasteiger partial charge in [-0.1, -0.05) is 6.92 Å². The summed E-state index contributed by atoms with van der Waals surface area (Å²) in [6.45, 7) is 2.15. The Labute approximate surface area is 93.6 Å². The first-order chi connectivity index (χ1) is 7.17. The maximum Gasteiger partial charge on any atom is 0.127 e. The fraction of sp³-hybridized carbons (Fsp3) is 0.455. The molecule has 0 spiro atoms. The Morgan fingerprint density at radius 3 is 2.80 bits per heavy atom. The van der Waals surface area contributed by atoms with E-state index in [0.717, 1.165) is 5.56 Å².